The number of phenols is 1. The van der Waals surface area contributed by atoms with Gasteiger partial charge < -0.3 is 9.84 Å². The van der Waals surface area contributed by atoms with Gasteiger partial charge in [0.1, 0.15) is 0 Å². The van der Waals surface area contributed by atoms with Crippen LogP contribution in [0.2, 0.25) is 0 Å². The summed E-state index contributed by atoms with van der Waals surface area (Å²) in [5.74, 6) is 0.851. The number of phenolic OH excluding ortho intramolecular Hbond substituents is 1. The molecule has 0 aliphatic carbocycles. The minimum atomic E-state index is 0.289. The average Bonchev–Trinajstić information content (AvgIpc) is 2.33. The van der Waals surface area contributed by atoms with Gasteiger partial charge in [0.25, 0.3) is 0 Å². The lowest BCUT2D eigenvalue weighted by Gasteiger charge is -2.10. The molecule has 0 saturated heterocycles. The summed E-state index contributed by atoms with van der Waals surface area (Å²) in [5, 5.41) is 10.0. The number of aromatic hydroxyl groups is 1. The van der Waals surface area contributed by atoms with Gasteiger partial charge in [-0.2, -0.15) is 0 Å². The monoisotopic (exact) mass is 234 g/mol. The molecule has 0 spiro atoms. The number of unbranched alkanes of at least 4 members (excludes halogenated alkanes) is 2. The molecule has 1 rings (SSSR count). The van der Waals surface area contributed by atoms with Crippen LogP contribution in [0.1, 0.15) is 44.2 Å². The summed E-state index contributed by atoms with van der Waals surface area (Å²) in [6.07, 6.45) is 8.39. The maximum absolute atomic E-state index is 10.0. The van der Waals surface area contributed by atoms with Gasteiger partial charge in [-0.25, -0.2) is 0 Å². The van der Waals surface area contributed by atoms with Gasteiger partial charge in [0, 0.05) is 0 Å². The molecule has 0 radical (unpaired) electrons. The fraction of sp³-hybridized carbons (Fsp3) is 0.467. The van der Waals surface area contributed by atoms with E-state index in [0.29, 0.717) is 5.75 Å². The number of hydrogen-bond acceptors (Lipinski definition) is 2. The van der Waals surface area contributed by atoms with Crippen LogP contribution < -0.4 is 4.74 Å². The van der Waals surface area contributed by atoms with Gasteiger partial charge in [0.05, 0.1) is 7.11 Å². The minimum absolute atomic E-state index is 0.289. The van der Waals surface area contributed by atoms with E-state index >= 15 is 0 Å². The maximum Gasteiger partial charge on any atom is 0.161 e. The summed E-state index contributed by atoms with van der Waals surface area (Å²) in [6, 6.07) is 3.90. The van der Waals surface area contributed by atoms with Crippen LogP contribution in [-0.2, 0) is 6.42 Å². The Morgan fingerprint density at radius 3 is 2.65 bits per heavy atom. The summed E-state index contributed by atoms with van der Waals surface area (Å²) in [5.41, 5.74) is 2.06. The Morgan fingerprint density at radius 2 is 2.06 bits per heavy atom. The molecule has 0 unspecified atom stereocenters. The number of benzene rings is 1. The van der Waals surface area contributed by atoms with Crippen molar-refractivity contribution in [3.63, 3.8) is 0 Å². The van der Waals surface area contributed by atoms with Crippen molar-refractivity contribution in [3.05, 3.63) is 29.3 Å². The van der Waals surface area contributed by atoms with Crippen molar-refractivity contribution in [1.29, 1.82) is 0 Å². The highest BCUT2D eigenvalue weighted by molar-refractivity contribution is 5.58. The summed E-state index contributed by atoms with van der Waals surface area (Å²) >= 11 is 0. The molecular weight excluding hydrogens is 212 g/mol. The van der Waals surface area contributed by atoms with Gasteiger partial charge >= 0.3 is 0 Å². The molecule has 1 aromatic carbocycles. The number of aryl methyl sites for hydroxylation is 1. The lowest BCUT2D eigenvalue weighted by atomic mass is 10.0. The number of rotatable bonds is 6. The maximum atomic E-state index is 10.0. The van der Waals surface area contributed by atoms with Gasteiger partial charge in [-0.05, 0) is 43.0 Å². The second-order valence-electron chi connectivity index (χ2n) is 4.19. The molecule has 0 fully saturated rings. The van der Waals surface area contributed by atoms with E-state index in [1.807, 2.05) is 31.2 Å². The summed E-state index contributed by atoms with van der Waals surface area (Å²) in [7, 11) is 1.59. The molecule has 0 aliphatic rings. The molecule has 94 valence electrons. The van der Waals surface area contributed by atoms with Crippen LogP contribution in [0.25, 0.3) is 6.08 Å². The first kappa shape index (κ1) is 13.6. The highest BCUT2D eigenvalue weighted by Crippen LogP contribution is 2.33. The molecular formula is C15H22O2. The van der Waals surface area contributed by atoms with Gasteiger partial charge in [0.15, 0.2) is 11.5 Å². The van der Waals surface area contributed by atoms with Crippen molar-refractivity contribution in [2.75, 3.05) is 7.11 Å². The Hall–Kier alpha value is -1.44. The third-order valence-corrected chi connectivity index (χ3v) is 2.80. The Kier molecular flexibility index (Phi) is 5.61. The van der Waals surface area contributed by atoms with Crippen LogP contribution in [0.4, 0.5) is 0 Å². The van der Waals surface area contributed by atoms with E-state index in [-0.39, 0.29) is 5.75 Å². The predicted molar refractivity (Wildman–Crippen MR) is 72.6 cm³/mol. The van der Waals surface area contributed by atoms with Crippen LogP contribution in [0.3, 0.4) is 0 Å². The molecule has 0 atom stereocenters. The summed E-state index contributed by atoms with van der Waals surface area (Å²) in [4.78, 5) is 0. The second kappa shape index (κ2) is 7.00. The van der Waals surface area contributed by atoms with Crippen molar-refractivity contribution in [2.45, 2.75) is 39.5 Å². The zero-order chi connectivity index (χ0) is 12.7. The Labute approximate surface area is 104 Å². The molecule has 0 heterocycles. The van der Waals surface area contributed by atoms with Crippen molar-refractivity contribution >= 4 is 6.08 Å². The molecule has 1 aromatic rings. The topological polar surface area (TPSA) is 29.5 Å². The normalized spacial score (nSPS) is 11.0. The van der Waals surface area contributed by atoms with Crippen molar-refractivity contribution in [1.82, 2.24) is 0 Å². The molecule has 2 nitrogen and oxygen atoms in total. The number of methoxy groups -OCH3 is 1. The molecule has 1 N–H and O–H groups in total. The standard InChI is InChI=1S/C15H22O2/c1-4-6-7-9-13-10-12(8-5-2)11-14(17-3)15(13)16/h5,8,10-11,16H,4,6-7,9H2,1-3H3. The van der Waals surface area contributed by atoms with Crippen molar-refractivity contribution in [2.24, 2.45) is 0 Å². The van der Waals surface area contributed by atoms with E-state index in [1.165, 1.54) is 12.8 Å². The van der Waals surface area contributed by atoms with E-state index in [2.05, 4.69) is 6.92 Å². The van der Waals surface area contributed by atoms with Crippen LogP contribution >= 0.6 is 0 Å². The Morgan fingerprint density at radius 1 is 1.29 bits per heavy atom. The first-order valence-corrected chi connectivity index (χ1v) is 6.25. The third-order valence-electron chi connectivity index (χ3n) is 2.80. The van der Waals surface area contributed by atoms with Gasteiger partial charge in [-0.15, -0.1) is 0 Å². The van der Waals surface area contributed by atoms with E-state index in [0.717, 1.165) is 24.0 Å². The molecule has 0 aliphatic heterocycles. The Balaban J connectivity index is 2.96. The van der Waals surface area contributed by atoms with Crippen molar-refractivity contribution < 1.29 is 9.84 Å². The van der Waals surface area contributed by atoms with Gasteiger partial charge in [0.2, 0.25) is 0 Å². The second-order valence-corrected chi connectivity index (χ2v) is 4.19. The molecule has 0 saturated carbocycles. The lowest BCUT2D eigenvalue weighted by Crippen LogP contribution is -1.92. The van der Waals surface area contributed by atoms with Crippen molar-refractivity contribution in [3.8, 4) is 11.5 Å². The van der Waals surface area contributed by atoms with Crippen LogP contribution in [0.5, 0.6) is 11.5 Å². The fourth-order valence-corrected chi connectivity index (χ4v) is 1.89. The number of ether oxygens (including phenoxy) is 1. The molecule has 0 bridgehead atoms. The average molecular weight is 234 g/mol. The molecule has 0 aromatic heterocycles. The summed E-state index contributed by atoms with van der Waals surface area (Å²) < 4.78 is 5.20. The highest BCUT2D eigenvalue weighted by Gasteiger charge is 2.09. The van der Waals surface area contributed by atoms with Crippen LogP contribution in [-0.4, -0.2) is 12.2 Å². The highest BCUT2D eigenvalue weighted by atomic mass is 16.5. The fourth-order valence-electron chi connectivity index (χ4n) is 1.89. The van der Waals surface area contributed by atoms with Gasteiger partial charge in [-0.3, -0.25) is 0 Å². The number of hydrogen-bond donors (Lipinski definition) is 1. The van der Waals surface area contributed by atoms with E-state index < -0.39 is 0 Å². The largest absolute Gasteiger partial charge is 0.504 e. The van der Waals surface area contributed by atoms with Crippen LogP contribution in [0.15, 0.2) is 18.2 Å². The lowest BCUT2D eigenvalue weighted by molar-refractivity contribution is 0.370. The van der Waals surface area contributed by atoms with Gasteiger partial charge in [-0.1, -0.05) is 31.9 Å². The molecule has 0 amide bonds. The summed E-state index contributed by atoms with van der Waals surface area (Å²) in [6.45, 7) is 4.16. The zero-order valence-corrected chi connectivity index (χ0v) is 11.0. The molecule has 2 heteroatoms. The predicted octanol–water partition coefficient (Wildman–Crippen LogP) is 4.17. The third kappa shape index (κ3) is 3.81. The first-order chi connectivity index (χ1) is 8.22. The van der Waals surface area contributed by atoms with E-state index in [4.69, 9.17) is 4.74 Å². The number of allylic oxidation sites excluding steroid dienone is 1. The SMILES string of the molecule is CC=Cc1cc(CCCCC)c(O)c(OC)c1. The first-order valence-electron chi connectivity index (χ1n) is 6.25. The smallest absolute Gasteiger partial charge is 0.161 e. The van der Waals surface area contributed by atoms with Crippen LogP contribution in [0, 0.1) is 0 Å². The Bertz CT molecular complexity index is 381. The quantitative estimate of drug-likeness (QED) is 0.749. The minimum Gasteiger partial charge on any atom is -0.504 e. The zero-order valence-electron chi connectivity index (χ0n) is 11.0. The van der Waals surface area contributed by atoms with E-state index in [1.54, 1.807) is 7.11 Å². The molecule has 17 heavy (non-hydrogen) atoms. The van der Waals surface area contributed by atoms with E-state index in [9.17, 15) is 5.11 Å².